The lowest BCUT2D eigenvalue weighted by atomic mass is 9.86. The second kappa shape index (κ2) is 6.37. The van der Waals surface area contributed by atoms with Crippen LogP contribution in [0, 0.1) is 0 Å². The summed E-state index contributed by atoms with van der Waals surface area (Å²) >= 11 is 6.08. The molecule has 0 heterocycles. The zero-order valence-corrected chi connectivity index (χ0v) is 13.3. The highest BCUT2D eigenvalue weighted by atomic mass is 35.5. The van der Waals surface area contributed by atoms with Crippen LogP contribution in [0.2, 0.25) is 5.02 Å². The highest BCUT2D eigenvalue weighted by Crippen LogP contribution is 2.31. The molecule has 21 heavy (non-hydrogen) atoms. The fourth-order valence-corrected chi connectivity index (χ4v) is 2.56. The Labute approximate surface area is 130 Å². The van der Waals surface area contributed by atoms with E-state index in [-0.39, 0.29) is 0 Å². The number of hydrogen-bond donors (Lipinski definition) is 1. The molecule has 2 N–H and O–H groups in total. The quantitative estimate of drug-likeness (QED) is 0.914. The first kappa shape index (κ1) is 15.7. The molecule has 0 aliphatic heterocycles. The number of rotatable bonds is 5. The van der Waals surface area contributed by atoms with E-state index in [2.05, 4.69) is 0 Å². The van der Waals surface area contributed by atoms with Crippen LogP contribution in [-0.2, 0) is 12.0 Å². The van der Waals surface area contributed by atoms with Gasteiger partial charge in [-0.1, -0.05) is 23.7 Å². The summed E-state index contributed by atoms with van der Waals surface area (Å²) < 4.78 is 10.7. The maximum absolute atomic E-state index is 6.51. The standard InChI is InChI=1S/C17H20ClNO2/c1-17(19,13-5-4-6-15(10-13)20-2)11-12-9-14(18)7-8-16(12)21-3/h4-10H,11,19H2,1-3H3. The molecule has 0 radical (unpaired) electrons. The van der Waals surface area contributed by atoms with E-state index in [1.165, 1.54) is 0 Å². The van der Waals surface area contributed by atoms with Crippen molar-refractivity contribution in [1.29, 1.82) is 0 Å². The number of benzene rings is 2. The molecule has 1 atom stereocenters. The fourth-order valence-electron chi connectivity index (χ4n) is 2.36. The van der Waals surface area contributed by atoms with Crippen molar-refractivity contribution in [2.75, 3.05) is 14.2 Å². The summed E-state index contributed by atoms with van der Waals surface area (Å²) in [6, 6.07) is 13.4. The summed E-state index contributed by atoms with van der Waals surface area (Å²) in [5.74, 6) is 1.58. The third-order valence-electron chi connectivity index (χ3n) is 3.53. The summed E-state index contributed by atoms with van der Waals surface area (Å²) in [4.78, 5) is 0. The van der Waals surface area contributed by atoms with Gasteiger partial charge in [0.25, 0.3) is 0 Å². The van der Waals surface area contributed by atoms with Gasteiger partial charge in [0, 0.05) is 10.6 Å². The van der Waals surface area contributed by atoms with Crippen LogP contribution in [0.5, 0.6) is 11.5 Å². The van der Waals surface area contributed by atoms with Gasteiger partial charge in [0.15, 0.2) is 0 Å². The summed E-state index contributed by atoms with van der Waals surface area (Å²) in [5, 5.41) is 0.673. The fraction of sp³-hybridized carbons (Fsp3) is 0.294. The normalized spacial score (nSPS) is 13.6. The van der Waals surface area contributed by atoms with Gasteiger partial charge in [0.05, 0.1) is 14.2 Å². The predicted octanol–water partition coefficient (Wildman–Crippen LogP) is 3.77. The van der Waals surface area contributed by atoms with Gasteiger partial charge in [0.2, 0.25) is 0 Å². The lowest BCUT2D eigenvalue weighted by Crippen LogP contribution is -2.35. The highest BCUT2D eigenvalue weighted by Gasteiger charge is 2.24. The van der Waals surface area contributed by atoms with Crippen LogP contribution in [0.25, 0.3) is 0 Å². The first-order valence-electron chi connectivity index (χ1n) is 6.72. The minimum atomic E-state index is -0.549. The van der Waals surface area contributed by atoms with Crippen molar-refractivity contribution >= 4 is 11.6 Å². The summed E-state index contributed by atoms with van der Waals surface area (Å²) in [5.41, 5.74) is 7.95. The Kier molecular flexibility index (Phi) is 4.76. The molecule has 4 heteroatoms. The van der Waals surface area contributed by atoms with Crippen LogP contribution in [0.1, 0.15) is 18.1 Å². The van der Waals surface area contributed by atoms with Crippen LogP contribution >= 0.6 is 11.6 Å². The average molecular weight is 306 g/mol. The molecular formula is C17H20ClNO2. The van der Waals surface area contributed by atoms with Crippen LogP contribution in [0.15, 0.2) is 42.5 Å². The Balaban J connectivity index is 2.34. The maximum atomic E-state index is 6.51. The molecule has 0 bridgehead atoms. The number of nitrogens with two attached hydrogens (primary N) is 1. The first-order chi connectivity index (χ1) is 9.96. The molecule has 1 unspecified atom stereocenters. The zero-order chi connectivity index (χ0) is 15.5. The second-order valence-electron chi connectivity index (χ2n) is 5.28. The van der Waals surface area contributed by atoms with Crippen molar-refractivity contribution in [2.24, 2.45) is 5.73 Å². The molecule has 2 aromatic rings. The van der Waals surface area contributed by atoms with E-state index in [1.54, 1.807) is 14.2 Å². The van der Waals surface area contributed by atoms with Crippen LogP contribution < -0.4 is 15.2 Å². The van der Waals surface area contributed by atoms with Crippen molar-refractivity contribution < 1.29 is 9.47 Å². The first-order valence-corrected chi connectivity index (χ1v) is 7.10. The van der Waals surface area contributed by atoms with Gasteiger partial charge in [-0.05, 0) is 54.8 Å². The van der Waals surface area contributed by atoms with Crippen LogP contribution in [0.4, 0.5) is 0 Å². The van der Waals surface area contributed by atoms with Gasteiger partial charge < -0.3 is 15.2 Å². The Hall–Kier alpha value is -1.71. The molecule has 0 aromatic heterocycles. The van der Waals surface area contributed by atoms with Crippen molar-refractivity contribution in [3.63, 3.8) is 0 Å². The van der Waals surface area contributed by atoms with Gasteiger partial charge in [-0.2, -0.15) is 0 Å². The van der Waals surface area contributed by atoms with E-state index in [0.29, 0.717) is 11.4 Å². The molecule has 0 aliphatic carbocycles. The van der Waals surface area contributed by atoms with E-state index in [9.17, 15) is 0 Å². The molecule has 0 spiro atoms. The van der Waals surface area contributed by atoms with Crippen molar-refractivity contribution in [1.82, 2.24) is 0 Å². The Morgan fingerprint density at radius 3 is 2.52 bits per heavy atom. The molecule has 0 saturated carbocycles. The molecule has 0 saturated heterocycles. The van der Waals surface area contributed by atoms with E-state index < -0.39 is 5.54 Å². The van der Waals surface area contributed by atoms with Gasteiger partial charge in [-0.25, -0.2) is 0 Å². The van der Waals surface area contributed by atoms with Gasteiger partial charge in [-0.15, -0.1) is 0 Å². The van der Waals surface area contributed by atoms with Crippen LogP contribution in [0.3, 0.4) is 0 Å². The smallest absolute Gasteiger partial charge is 0.122 e. The molecule has 2 aromatic carbocycles. The maximum Gasteiger partial charge on any atom is 0.122 e. The topological polar surface area (TPSA) is 44.5 Å². The van der Waals surface area contributed by atoms with Gasteiger partial charge in [0.1, 0.15) is 11.5 Å². The third kappa shape index (κ3) is 3.69. The monoisotopic (exact) mass is 305 g/mol. The van der Waals surface area contributed by atoms with Gasteiger partial charge >= 0.3 is 0 Å². The van der Waals surface area contributed by atoms with E-state index in [0.717, 1.165) is 22.6 Å². The Morgan fingerprint density at radius 2 is 1.86 bits per heavy atom. The second-order valence-corrected chi connectivity index (χ2v) is 5.72. The van der Waals surface area contributed by atoms with E-state index >= 15 is 0 Å². The van der Waals surface area contributed by atoms with Crippen molar-refractivity contribution in [2.45, 2.75) is 18.9 Å². The van der Waals surface area contributed by atoms with E-state index in [1.807, 2.05) is 49.4 Å². The number of halogens is 1. The van der Waals surface area contributed by atoms with Gasteiger partial charge in [-0.3, -0.25) is 0 Å². The number of methoxy groups -OCH3 is 2. The summed E-state index contributed by atoms with van der Waals surface area (Å²) in [6.07, 6.45) is 0.615. The molecule has 112 valence electrons. The molecule has 0 aliphatic rings. The summed E-state index contributed by atoms with van der Waals surface area (Å²) in [7, 11) is 3.29. The third-order valence-corrected chi connectivity index (χ3v) is 3.76. The van der Waals surface area contributed by atoms with E-state index in [4.69, 9.17) is 26.8 Å². The van der Waals surface area contributed by atoms with Crippen LogP contribution in [-0.4, -0.2) is 14.2 Å². The average Bonchev–Trinajstić information content (AvgIpc) is 2.47. The van der Waals surface area contributed by atoms with Crippen molar-refractivity contribution in [3.8, 4) is 11.5 Å². The minimum Gasteiger partial charge on any atom is -0.497 e. The molecular weight excluding hydrogens is 286 g/mol. The molecule has 0 fully saturated rings. The number of ether oxygens (including phenoxy) is 2. The lowest BCUT2D eigenvalue weighted by Gasteiger charge is -2.26. The Morgan fingerprint density at radius 1 is 1.10 bits per heavy atom. The molecule has 0 amide bonds. The zero-order valence-electron chi connectivity index (χ0n) is 12.5. The highest BCUT2D eigenvalue weighted by molar-refractivity contribution is 6.30. The number of hydrogen-bond acceptors (Lipinski definition) is 3. The molecule has 2 rings (SSSR count). The SMILES string of the molecule is COc1cccc(C(C)(N)Cc2cc(Cl)ccc2OC)c1. The summed E-state index contributed by atoms with van der Waals surface area (Å²) in [6.45, 7) is 1.99. The van der Waals surface area contributed by atoms with Crippen molar-refractivity contribution in [3.05, 3.63) is 58.6 Å². The lowest BCUT2D eigenvalue weighted by molar-refractivity contribution is 0.397. The molecule has 3 nitrogen and oxygen atoms in total. The predicted molar refractivity (Wildman–Crippen MR) is 86.2 cm³/mol. The minimum absolute atomic E-state index is 0.549. The largest absolute Gasteiger partial charge is 0.497 e. The Bertz CT molecular complexity index is 626.